The van der Waals surface area contributed by atoms with E-state index in [1.807, 2.05) is 19.2 Å². The molecule has 3 N–H and O–H groups in total. The van der Waals surface area contributed by atoms with Gasteiger partial charge in [0.2, 0.25) is 0 Å². The Kier molecular flexibility index (Phi) is 5.60. The summed E-state index contributed by atoms with van der Waals surface area (Å²) in [5, 5.41) is 20.8. The van der Waals surface area contributed by atoms with Crippen molar-refractivity contribution < 1.29 is 9.18 Å². The van der Waals surface area contributed by atoms with E-state index in [9.17, 15) is 9.18 Å². The third-order valence-electron chi connectivity index (χ3n) is 3.75. The van der Waals surface area contributed by atoms with E-state index in [0.717, 1.165) is 5.69 Å². The first-order chi connectivity index (χ1) is 13.0. The minimum absolute atomic E-state index is 0.359. The zero-order chi connectivity index (χ0) is 19.2. The number of carbonyl (C=O) groups excluding carboxylic acids is 1. The van der Waals surface area contributed by atoms with Crippen LogP contribution < -0.4 is 16.0 Å². The molecule has 0 aliphatic heterocycles. The molecule has 0 spiro atoms. The standard InChI is InChI=1S/C18H20FN7O/c1-12-3-4-14(11-15(12)19)22-18(27)21-9-8-20-16-5-6-17(24-23-16)26-10-7-13(2)25-26/h3-7,10-11H,8-9H2,1-2H3,(H,20,23)(H2,21,22,27). The summed E-state index contributed by atoms with van der Waals surface area (Å²) in [6.07, 6.45) is 1.81. The van der Waals surface area contributed by atoms with E-state index in [4.69, 9.17) is 0 Å². The average Bonchev–Trinajstić information content (AvgIpc) is 3.09. The molecule has 0 unspecified atom stereocenters. The van der Waals surface area contributed by atoms with Crippen molar-refractivity contribution >= 4 is 17.5 Å². The first-order valence-electron chi connectivity index (χ1n) is 8.42. The Morgan fingerprint density at radius 3 is 2.63 bits per heavy atom. The van der Waals surface area contributed by atoms with Crippen LogP contribution in [0.1, 0.15) is 11.3 Å². The van der Waals surface area contributed by atoms with E-state index in [2.05, 4.69) is 31.2 Å². The van der Waals surface area contributed by atoms with Crippen LogP contribution >= 0.6 is 0 Å². The van der Waals surface area contributed by atoms with Crippen LogP contribution in [0, 0.1) is 19.7 Å². The number of hydrogen-bond acceptors (Lipinski definition) is 5. The zero-order valence-electron chi connectivity index (χ0n) is 15.0. The van der Waals surface area contributed by atoms with Crippen LogP contribution in [0.2, 0.25) is 0 Å². The summed E-state index contributed by atoms with van der Waals surface area (Å²) in [6, 6.07) is 9.60. The lowest BCUT2D eigenvalue weighted by molar-refractivity contribution is 0.252. The van der Waals surface area contributed by atoms with Gasteiger partial charge in [0.25, 0.3) is 0 Å². The molecular formula is C18H20FN7O. The molecule has 0 radical (unpaired) electrons. The van der Waals surface area contributed by atoms with Crippen LogP contribution in [0.15, 0.2) is 42.6 Å². The number of aryl methyl sites for hydroxylation is 2. The number of nitrogens with zero attached hydrogens (tertiary/aromatic N) is 4. The molecule has 27 heavy (non-hydrogen) atoms. The van der Waals surface area contributed by atoms with Crippen molar-refractivity contribution in [3.63, 3.8) is 0 Å². The minimum atomic E-state index is -0.407. The number of hydrogen-bond donors (Lipinski definition) is 3. The highest BCUT2D eigenvalue weighted by Gasteiger charge is 2.04. The van der Waals surface area contributed by atoms with Crippen LogP contribution in [-0.4, -0.2) is 39.1 Å². The maximum Gasteiger partial charge on any atom is 0.319 e. The first kappa shape index (κ1) is 18.3. The normalized spacial score (nSPS) is 10.5. The van der Waals surface area contributed by atoms with Gasteiger partial charge >= 0.3 is 6.03 Å². The van der Waals surface area contributed by atoms with Gasteiger partial charge in [0.05, 0.1) is 5.69 Å². The first-order valence-corrected chi connectivity index (χ1v) is 8.42. The predicted octanol–water partition coefficient (Wildman–Crippen LogP) is 2.65. The Morgan fingerprint density at radius 1 is 1.11 bits per heavy atom. The molecule has 9 heteroatoms. The maximum absolute atomic E-state index is 13.5. The molecule has 0 aliphatic carbocycles. The molecule has 0 bridgehead atoms. The lowest BCUT2D eigenvalue weighted by atomic mass is 10.2. The number of halogens is 1. The third-order valence-corrected chi connectivity index (χ3v) is 3.75. The average molecular weight is 369 g/mol. The highest BCUT2D eigenvalue weighted by molar-refractivity contribution is 5.89. The van der Waals surface area contributed by atoms with Crippen molar-refractivity contribution in [3.8, 4) is 5.82 Å². The van der Waals surface area contributed by atoms with Crippen molar-refractivity contribution in [1.82, 2.24) is 25.3 Å². The Labute approximate surface area is 155 Å². The maximum atomic E-state index is 13.5. The van der Waals surface area contributed by atoms with Crippen LogP contribution in [0.5, 0.6) is 0 Å². The molecular weight excluding hydrogens is 349 g/mol. The molecule has 1 aromatic carbocycles. The second-order valence-electron chi connectivity index (χ2n) is 5.95. The van der Waals surface area contributed by atoms with E-state index < -0.39 is 6.03 Å². The van der Waals surface area contributed by atoms with Gasteiger partial charge in [0.15, 0.2) is 5.82 Å². The third kappa shape index (κ3) is 5.00. The highest BCUT2D eigenvalue weighted by Crippen LogP contribution is 2.13. The van der Waals surface area contributed by atoms with Crippen molar-refractivity contribution in [2.75, 3.05) is 23.7 Å². The molecule has 2 heterocycles. The Morgan fingerprint density at radius 2 is 1.96 bits per heavy atom. The van der Waals surface area contributed by atoms with Gasteiger partial charge in [-0.1, -0.05) is 6.07 Å². The zero-order valence-corrected chi connectivity index (χ0v) is 15.0. The van der Waals surface area contributed by atoms with Gasteiger partial charge in [0, 0.05) is 25.0 Å². The summed E-state index contributed by atoms with van der Waals surface area (Å²) in [5.74, 6) is 0.851. The van der Waals surface area contributed by atoms with Crippen molar-refractivity contribution in [3.05, 3.63) is 59.7 Å². The van der Waals surface area contributed by atoms with Crippen molar-refractivity contribution in [2.45, 2.75) is 13.8 Å². The SMILES string of the molecule is Cc1ccn(-c2ccc(NCCNC(=O)Nc3ccc(C)c(F)c3)nn2)n1. The quantitative estimate of drug-likeness (QED) is 0.581. The lowest BCUT2D eigenvalue weighted by Crippen LogP contribution is -2.32. The van der Waals surface area contributed by atoms with Crippen molar-refractivity contribution in [1.29, 1.82) is 0 Å². The van der Waals surface area contributed by atoms with Gasteiger partial charge in [-0.3, -0.25) is 0 Å². The molecule has 3 rings (SSSR count). The van der Waals surface area contributed by atoms with Gasteiger partial charge in [-0.25, -0.2) is 13.9 Å². The van der Waals surface area contributed by atoms with Gasteiger partial charge in [-0.2, -0.15) is 5.10 Å². The fourth-order valence-corrected chi connectivity index (χ4v) is 2.30. The van der Waals surface area contributed by atoms with Crippen LogP contribution in [0.3, 0.4) is 0 Å². The number of amides is 2. The van der Waals surface area contributed by atoms with E-state index in [0.29, 0.717) is 36.0 Å². The molecule has 0 aliphatic rings. The summed E-state index contributed by atoms with van der Waals surface area (Å²) in [6.45, 7) is 4.39. The molecule has 2 aromatic heterocycles. The Hall–Kier alpha value is -3.49. The van der Waals surface area contributed by atoms with E-state index >= 15 is 0 Å². The summed E-state index contributed by atoms with van der Waals surface area (Å²) >= 11 is 0. The number of aromatic nitrogens is 4. The number of rotatable bonds is 6. The second-order valence-corrected chi connectivity index (χ2v) is 5.95. The topological polar surface area (TPSA) is 96.8 Å². The smallest absolute Gasteiger partial charge is 0.319 e. The Balaban J connectivity index is 1.41. The molecule has 0 saturated heterocycles. The molecule has 140 valence electrons. The molecule has 0 atom stereocenters. The summed E-state index contributed by atoms with van der Waals surface area (Å²) in [4.78, 5) is 11.8. The monoisotopic (exact) mass is 369 g/mol. The molecule has 0 saturated carbocycles. The van der Waals surface area contributed by atoms with Gasteiger partial charge in [0.1, 0.15) is 11.6 Å². The molecule has 3 aromatic rings. The van der Waals surface area contributed by atoms with E-state index in [-0.39, 0.29) is 5.82 Å². The van der Waals surface area contributed by atoms with E-state index in [1.165, 1.54) is 6.07 Å². The predicted molar refractivity (Wildman–Crippen MR) is 101 cm³/mol. The number of carbonyl (C=O) groups is 1. The van der Waals surface area contributed by atoms with Crippen molar-refractivity contribution in [2.24, 2.45) is 0 Å². The van der Waals surface area contributed by atoms with Crippen LogP contribution in [-0.2, 0) is 0 Å². The highest BCUT2D eigenvalue weighted by atomic mass is 19.1. The summed E-state index contributed by atoms with van der Waals surface area (Å²) in [5.41, 5.74) is 1.83. The number of urea groups is 1. The Bertz CT molecular complexity index is 924. The van der Waals surface area contributed by atoms with Gasteiger partial charge < -0.3 is 16.0 Å². The minimum Gasteiger partial charge on any atom is -0.367 e. The summed E-state index contributed by atoms with van der Waals surface area (Å²) < 4.78 is 15.1. The summed E-state index contributed by atoms with van der Waals surface area (Å²) in [7, 11) is 0. The van der Waals surface area contributed by atoms with Gasteiger partial charge in [-0.05, 0) is 49.7 Å². The molecule has 0 fully saturated rings. The van der Waals surface area contributed by atoms with Crippen LogP contribution in [0.4, 0.5) is 20.7 Å². The molecule has 2 amide bonds. The lowest BCUT2D eigenvalue weighted by Gasteiger charge is -2.09. The number of nitrogens with one attached hydrogen (secondary N) is 3. The fraction of sp³-hybridized carbons (Fsp3) is 0.222. The largest absolute Gasteiger partial charge is 0.367 e. The number of benzene rings is 1. The van der Waals surface area contributed by atoms with Crippen LogP contribution in [0.25, 0.3) is 5.82 Å². The molecule has 8 nitrogen and oxygen atoms in total. The van der Waals surface area contributed by atoms with Gasteiger partial charge in [-0.15, -0.1) is 10.2 Å². The van der Waals surface area contributed by atoms with E-state index in [1.54, 1.807) is 35.9 Å². The second kappa shape index (κ2) is 8.26. The number of anilines is 2. The fourth-order valence-electron chi connectivity index (χ4n) is 2.30.